The Morgan fingerprint density at radius 2 is 1.96 bits per heavy atom. The second-order valence-corrected chi connectivity index (χ2v) is 9.04. The molecule has 1 unspecified atom stereocenters. The molecule has 2 rings (SSSR count). The third kappa shape index (κ3) is 5.11. The van der Waals surface area contributed by atoms with E-state index >= 15 is 0 Å². The minimum absolute atomic E-state index is 0.0658. The Hall–Kier alpha value is -1.79. The van der Waals surface area contributed by atoms with Crippen molar-refractivity contribution in [3.8, 4) is 0 Å². The molecule has 144 valence electrons. The number of benzene rings is 1. The molecule has 0 aromatic heterocycles. The summed E-state index contributed by atoms with van der Waals surface area (Å²) < 4.78 is 0. The number of piperidine rings is 1. The standard InChI is InChI=1S/C19H29ClN4O2/c1-18(2,3)23-17(26)22-12-6-7-14(20)13(10-12)16(25)24-9-8-15(21)19(4,5)11-24/h6-7,10,15H,8-9,11,21H2,1-5H3,(H2,22,23,26). The zero-order valence-corrected chi connectivity index (χ0v) is 16.9. The van der Waals surface area contributed by atoms with Crippen LogP contribution in [0.4, 0.5) is 10.5 Å². The summed E-state index contributed by atoms with van der Waals surface area (Å²) in [5.41, 5.74) is 6.55. The van der Waals surface area contributed by atoms with E-state index in [-0.39, 0.29) is 28.9 Å². The van der Waals surface area contributed by atoms with Gasteiger partial charge in [-0.1, -0.05) is 25.4 Å². The number of urea groups is 1. The SMILES string of the molecule is CC(C)(C)NC(=O)Nc1ccc(Cl)c(C(=O)N2CCC(N)C(C)(C)C2)c1. The van der Waals surface area contributed by atoms with Crippen LogP contribution in [0.2, 0.25) is 5.02 Å². The smallest absolute Gasteiger partial charge is 0.319 e. The molecule has 1 aromatic carbocycles. The highest BCUT2D eigenvalue weighted by atomic mass is 35.5. The van der Waals surface area contributed by atoms with Gasteiger partial charge in [0.15, 0.2) is 0 Å². The van der Waals surface area contributed by atoms with Crippen molar-refractivity contribution >= 4 is 29.2 Å². The molecule has 4 N–H and O–H groups in total. The number of hydrogen-bond acceptors (Lipinski definition) is 3. The monoisotopic (exact) mass is 380 g/mol. The lowest BCUT2D eigenvalue weighted by Gasteiger charge is -2.42. The Bertz CT molecular complexity index is 697. The predicted octanol–water partition coefficient (Wildman–Crippen LogP) is 3.46. The maximum atomic E-state index is 13.0. The summed E-state index contributed by atoms with van der Waals surface area (Å²) in [6.07, 6.45) is 0.752. The van der Waals surface area contributed by atoms with Crippen molar-refractivity contribution < 1.29 is 9.59 Å². The number of hydrogen-bond donors (Lipinski definition) is 3. The Kier molecular flexibility index (Phi) is 5.88. The summed E-state index contributed by atoms with van der Waals surface area (Å²) in [6.45, 7) is 11.0. The zero-order chi connectivity index (χ0) is 19.7. The molecule has 1 atom stereocenters. The first-order valence-electron chi connectivity index (χ1n) is 8.83. The van der Waals surface area contributed by atoms with E-state index in [4.69, 9.17) is 17.3 Å². The van der Waals surface area contributed by atoms with Crippen LogP contribution in [0.1, 0.15) is 51.4 Å². The molecule has 1 fully saturated rings. The average Bonchev–Trinajstić information content (AvgIpc) is 2.49. The van der Waals surface area contributed by atoms with Crippen LogP contribution in [0.25, 0.3) is 0 Å². The molecule has 7 heteroatoms. The second-order valence-electron chi connectivity index (χ2n) is 8.63. The molecule has 1 heterocycles. The van der Waals surface area contributed by atoms with Crippen LogP contribution < -0.4 is 16.4 Å². The fraction of sp³-hybridized carbons (Fsp3) is 0.579. The van der Waals surface area contributed by atoms with Crippen molar-refractivity contribution in [3.63, 3.8) is 0 Å². The van der Waals surface area contributed by atoms with Gasteiger partial charge in [0.1, 0.15) is 0 Å². The minimum atomic E-state index is -0.354. The highest BCUT2D eigenvalue weighted by Gasteiger charge is 2.36. The van der Waals surface area contributed by atoms with Gasteiger partial charge in [0.25, 0.3) is 5.91 Å². The average molecular weight is 381 g/mol. The lowest BCUT2D eigenvalue weighted by molar-refractivity contribution is 0.0533. The van der Waals surface area contributed by atoms with Crippen LogP contribution in [-0.2, 0) is 0 Å². The highest BCUT2D eigenvalue weighted by molar-refractivity contribution is 6.34. The van der Waals surface area contributed by atoms with Gasteiger partial charge in [0, 0.05) is 30.4 Å². The van der Waals surface area contributed by atoms with Gasteiger partial charge in [0.2, 0.25) is 0 Å². The summed E-state index contributed by atoms with van der Waals surface area (Å²) in [4.78, 5) is 26.8. The number of halogens is 1. The maximum Gasteiger partial charge on any atom is 0.319 e. The fourth-order valence-electron chi connectivity index (χ4n) is 2.99. The van der Waals surface area contributed by atoms with Crippen molar-refractivity contribution in [2.45, 2.75) is 52.6 Å². The molecule has 0 bridgehead atoms. The molecule has 1 aliphatic heterocycles. The number of nitrogens with zero attached hydrogens (tertiary/aromatic N) is 1. The Balaban J connectivity index is 2.16. The van der Waals surface area contributed by atoms with Crippen LogP contribution in [0.3, 0.4) is 0 Å². The van der Waals surface area contributed by atoms with Crippen LogP contribution in [0, 0.1) is 5.41 Å². The van der Waals surface area contributed by atoms with Gasteiger partial charge in [-0.15, -0.1) is 0 Å². The second kappa shape index (κ2) is 7.45. The maximum absolute atomic E-state index is 13.0. The molecule has 1 aromatic rings. The van der Waals surface area contributed by atoms with Gasteiger partial charge in [-0.05, 0) is 50.8 Å². The van der Waals surface area contributed by atoms with Crippen molar-refractivity contribution in [1.29, 1.82) is 0 Å². The first kappa shape index (κ1) is 20.5. The number of nitrogens with one attached hydrogen (secondary N) is 2. The summed E-state index contributed by atoms with van der Waals surface area (Å²) in [6, 6.07) is 4.66. The highest BCUT2D eigenvalue weighted by Crippen LogP contribution is 2.30. The number of rotatable bonds is 2. The third-order valence-corrected chi connectivity index (χ3v) is 4.87. The van der Waals surface area contributed by atoms with E-state index in [1.807, 2.05) is 20.8 Å². The van der Waals surface area contributed by atoms with E-state index in [9.17, 15) is 9.59 Å². The van der Waals surface area contributed by atoms with E-state index in [0.29, 0.717) is 29.4 Å². The van der Waals surface area contributed by atoms with E-state index in [1.54, 1.807) is 23.1 Å². The van der Waals surface area contributed by atoms with E-state index in [2.05, 4.69) is 24.5 Å². The zero-order valence-electron chi connectivity index (χ0n) is 16.1. The molecule has 0 spiro atoms. The van der Waals surface area contributed by atoms with Crippen molar-refractivity contribution in [1.82, 2.24) is 10.2 Å². The first-order valence-corrected chi connectivity index (χ1v) is 9.20. The summed E-state index contributed by atoms with van der Waals surface area (Å²) in [5, 5.41) is 5.93. The summed E-state index contributed by atoms with van der Waals surface area (Å²) in [5.74, 6) is -0.144. The van der Waals surface area contributed by atoms with E-state index < -0.39 is 0 Å². The van der Waals surface area contributed by atoms with Gasteiger partial charge >= 0.3 is 6.03 Å². The van der Waals surface area contributed by atoms with Gasteiger partial charge < -0.3 is 21.3 Å². The van der Waals surface area contributed by atoms with E-state index in [0.717, 1.165) is 6.42 Å². The lowest BCUT2D eigenvalue weighted by atomic mass is 9.79. The number of carbonyl (C=O) groups is 2. The van der Waals surface area contributed by atoms with Gasteiger partial charge in [0.05, 0.1) is 10.6 Å². The summed E-state index contributed by atoms with van der Waals surface area (Å²) in [7, 11) is 0. The predicted molar refractivity (Wildman–Crippen MR) is 106 cm³/mol. The molecule has 6 nitrogen and oxygen atoms in total. The van der Waals surface area contributed by atoms with Crippen LogP contribution >= 0.6 is 11.6 Å². The number of likely N-dealkylation sites (tertiary alicyclic amines) is 1. The van der Waals surface area contributed by atoms with Crippen molar-refractivity contribution in [2.24, 2.45) is 11.1 Å². The largest absolute Gasteiger partial charge is 0.338 e. The molecular formula is C19H29ClN4O2. The molecule has 26 heavy (non-hydrogen) atoms. The number of anilines is 1. The quantitative estimate of drug-likeness (QED) is 0.734. The summed E-state index contributed by atoms with van der Waals surface area (Å²) >= 11 is 6.25. The Morgan fingerprint density at radius 3 is 2.54 bits per heavy atom. The van der Waals surface area contributed by atoms with Crippen LogP contribution in [0.15, 0.2) is 18.2 Å². The van der Waals surface area contributed by atoms with Crippen LogP contribution in [-0.4, -0.2) is 41.5 Å². The van der Waals surface area contributed by atoms with Gasteiger partial charge in [-0.3, -0.25) is 4.79 Å². The number of amides is 3. The first-order chi connectivity index (χ1) is 11.9. The fourth-order valence-corrected chi connectivity index (χ4v) is 3.19. The van der Waals surface area contributed by atoms with E-state index in [1.165, 1.54) is 0 Å². The van der Waals surface area contributed by atoms with Gasteiger partial charge in [-0.2, -0.15) is 0 Å². The van der Waals surface area contributed by atoms with Gasteiger partial charge in [-0.25, -0.2) is 4.79 Å². The van der Waals surface area contributed by atoms with Crippen molar-refractivity contribution in [2.75, 3.05) is 18.4 Å². The Morgan fingerprint density at radius 1 is 1.31 bits per heavy atom. The molecular weight excluding hydrogens is 352 g/mol. The number of carbonyl (C=O) groups excluding carboxylic acids is 2. The molecule has 1 saturated heterocycles. The molecule has 0 aliphatic carbocycles. The Labute approximate surface area is 160 Å². The number of nitrogens with two attached hydrogens (primary N) is 1. The normalized spacial score (nSPS) is 19.8. The minimum Gasteiger partial charge on any atom is -0.338 e. The molecule has 0 radical (unpaired) electrons. The van der Waals surface area contributed by atoms with Crippen molar-refractivity contribution in [3.05, 3.63) is 28.8 Å². The van der Waals surface area contributed by atoms with Crippen LogP contribution in [0.5, 0.6) is 0 Å². The lowest BCUT2D eigenvalue weighted by Crippen LogP contribution is -2.54. The molecule has 0 saturated carbocycles. The third-order valence-electron chi connectivity index (χ3n) is 4.54. The topological polar surface area (TPSA) is 87.5 Å². The molecule has 1 aliphatic rings. The molecule has 3 amide bonds.